The van der Waals surface area contributed by atoms with Gasteiger partial charge in [-0.3, -0.25) is 33.5 Å². The largest absolute Gasteiger partial charge is 0.462 e. The van der Waals surface area contributed by atoms with E-state index in [4.69, 9.17) is 18.9 Å². The van der Waals surface area contributed by atoms with E-state index in [0.717, 1.165) is 30.7 Å². The van der Waals surface area contributed by atoms with Crippen molar-refractivity contribution in [2.45, 2.75) is 51.7 Å². The lowest BCUT2D eigenvalue weighted by molar-refractivity contribution is -0.166. The summed E-state index contributed by atoms with van der Waals surface area (Å²) in [5.41, 5.74) is -1.50. The monoisotopic (exact) mass is 412 g/mol. The van der Waals surface area contributed by atoms with Gasteiger partial charge in [-0.05, 0) is 6.92 Å². The highest BCUT2D eigenvalue weighted by molar-refractivity contribution is 5.94. The van der Waals surface area contributed by atoms with Crippen molar-refractivity contribution >= 4 is 23.7 Å². The Hall–Kier alpha value is -3.28. The molecule has 1 aliphatic rings. The number of esters is 3. The zero-order chi connectivity index (χ0) is 21.7. The van der Waals surface area contributed by atoms with Crippen LogP contribution in [-0.2, 0) is 38.1 Å². The third kappa shape index (κ3) is 5.85. The molecule has 1 aliphatic heterocycles. The first-order valence-electron chi connectivity index (χ1n) is 8.55. The molecule has 2 heterocycles. The Morgan fingerprint density at radius 3 is 2.24 bits per heavy atom. The molecule has 1 aromatic heterocycles. The molecule has 0 amide bonds. The lowest BCUT2D eigenvalue weighted by Gasteiger charge is -2.23. The molecule has 0 aromatic carbocycles. The van der Waals surface area contributed by atoms with Crippen LogP contribution >= 0.6 is 0 Å². The molecule has 2 rings (SSSR count). The Morgan fingerprint density at radius 2 is 1.69 bits per heavy atom. The maximum Gasteiger partial charge on any atom is 0.330 e. The third-order valence-electron chi connectivity index (χ3n) is 3.82. The van der Waals surface area contributed by atoms with E-state index in [2.05, 4.69) is 0 Å². The van der Waals surface area contributed by atoms with Crippen LogP contribution in [-0.4, -0.2) is 58.2 Å². The number of ketones is 1. The average Bonchev–Trinajstić information content (AvgIpc) is 2.89. The van der Waals surface area contributed by atoms with Crippen molar-refractivity contribution in [2.24, 2.45) is 0 Å². The molecule has 4 unspecified atom stereocenters. The van der Waals surface area contributed by atoms with Crippen LogP contribution in [0.15, 0.2) is 21.9 Å². The van der Waals surface area contributed by atoms with Crippen molar-refractivity contribution in [3.63, 3.8) is 0 Å². The molecule has 0 radical (unpaired) electrons. The predicted molar refractivity (Wildman–Crippen MR) is 92.6 cm³/mol. The highest BCUT2D eigenvalue weighted by Gasteiger charge is 2.50. The highest BCUT2D eigenvalue weighted by Crippen LogP contribution is 2.33. The first kappa shape index (κ1) is 22.0. The molecule has 0 aliphatic carbocycles. The number of Topliss-reactive ketones (excluding diaryl/α,β-unsaturated/α-hetero) is 1. The van der Waals surface area contributed by atoms with Crippen LogP contribution in [0.2, 0.25) is 0 Å². The van der Waals surface area contributed by atoms with E-state index >= 15 is 0 Å². The van der Waals surface area contributed by atoms with E-state index in [1.54, 1.807) is 0 Å². The third-order valence-corrected chi connectivity index (χ3v) is 3.82. The number of nitrogens with one attached hydrogen (secondary N) is 1. The molecule has 4 atom stereocenters. The number of nitrogens with zero attached hydrogens (tertiary/aromatic N) is 1. The maximum atomic E-state index is 12.1. The zero-order valence-corrected chi connectivity index (χ0v) is 15.9. The van der Waals surface area contributed by atoms with Crippen molar-refractivity contribution < 1.29 is 38.1 Å². The number of rotatable bonds is 7. The zero-order valence-electron chi connectivity index (χ0n) is 15.9. The van der Waals surface area contributed by atoms with Gasteiger partial charge in [0.1, 0.15) is 24.9 Å². The summed E-state index contributed by atoms with van der Waals surface area (Å²) in [6.07, 6.45) is -4.20. The van der Waals surface area contributed by atoms with Gasteiger partial charge in [0, 0.05) is 26.1 Å². The van der Waals surface area contributed by atoms with Crippen molar-refractivity contribution in [3.05, 3.63) is 33.1 Å². The fourth-order valence-electron chi connectivity index (χ4n) is 2.77. The molecule has 1 N–H and O–H groups in total. The number of ether oxygens (including phenoxy) is 4. The molecular weight excluding hydrogens is 392 g/mol. The summed E-state index contributed by atoms with van der Waals surface area (Å²) in [4.78, 5) is 71.2. The molecular formula is C17H20N2O10. The minimum atomic E-state index is -1.27. The Balaban J connectivity index is 2.34. The number of carbonyl (C=O) groups is 4. The molecule has 0 saturated carbocycles. The molecule has 12 nitrogen and oxygen atoms in total. The lowest BCUT2D eigenvalue weighted by atomic mass is 10.1. The first-order valence-corrected chi connectivity index (χ1v) is 8.55. The van der Waals surface area contributed by atoms with Crippen molar-refractivity contribution in [3.8, 4) is 0 Å². The number of H-pyrrole nitrogens is 1. The van der Waals surface area contributed by atoms with Crippen LogP contribution in [0.4, 0.5) is 0 Å². The number of carbonyl (C=O) groups excluding carboxylic acids is 4. The summed E-state index contributed by atoms with van der Waals surface area (Å²) in [6.45, 7) is 3.00. The van der Waals surface area contributed by atoms with Crippen molar-refractivity contribution in [2.75, 3.05) is 6.61 Å². The van der Waals surface area contributed by atoms with Gasteiger partial charge in [-0.2, -0.15) is 0 Å². The van der Waals surface area contributed by atoms with E-state index < -0.39 is 72.5 Å². The summed E-state index contributed by atoms with van der Waals surface area (Å²) in [5.74, 6) is -2.71. The van der Waals surface area contributed by atoms with E-state index in [1.807, 2.05) is 4.98 Å². The summed E-state index contributed by atoms with van der Waals surface area (Å²) in [5, 5.41) is 0. The number of hydrogen-bond donors (Lipinski definition) is 1. The average molecular weight is 412 g/mol. The lowest BCUT2D eigenvalue weighted by Crippen LogP contribution is -2.42. The van der Waals surface area contributed by atoms with Crippen molar-refractivity contribution in [1.29, 1.82) is 0 Å². The van der Waals surface area contributed by atoms with Crippen LogP contribution in [0.3, 0.4) is 0 Å². The topological polar surface area (TPSA) is 160 Å². The van der Waals surface area contributed by atoms with Crippen LogP contribution in [0.1, 0.15) is 33.4 Å². The molecule has 29 heavy (non-hydrogen) atoms. The van der Waals surface area contributed by atoms with Gasteiger partial charge in [0.2, 0.25) is 0 Å². The number of aromatic nitrogens is 2. The van der Waals surface area contributed by atoms with Gasteiger partial charge in [0.15, 0.2) is 18.4 Å². The van der Waals surface area contributed by atoms with Gasteiger partial charge < -0.3 is 18.9 Å². The van der Waals surface area contributed by atoms with Gasteiger partial charge in [-0.25, -0.2) is 4.79 Å². The summed E-state index contributed by atoms with van der Waals surface area (Å²) in [6, 6.07) is 1.05. The van der Waals surface area contributed by atoms with Crippen LogP contribution in [0, 0.1) is 0 Å². The highest BCUT2D eigenvalue weighted by atomic mass is 16.7. The summed E-state index contributed by atoms with van der Waals surface area (Å²) < 4.78 is 22.0. The normalized spacial score (nSPS) is 23.3. The minimum absolute atomic E-state index is 0.408. The molecule has 0 bridgehead atoms. The molecule has 0 spiro atoms. The second kappa shape index (κ2) is 9.28. The molecule has 158 valence electrons. The number of aromatic amines is 1. The van der Waals surface area contributed by atoms with E-state index in [0.29, 0.717) is 0 Å². The quantitative estimate of drug-likeness (QED) is 0.328. The van der Waals surface area contributed by atoms with Crippen LogP contribution in [0.25, 0.3) is 0 Å². The fraction of sp³-hybridized carbons (Fsp3) is 0.529. The smallest absolute Gasteiger partial charge is 0.330 e. The maximum absolute atomic E-state index is 12.1. The van der Waals surface area contributed by atoms with E-state index in [-0.39, 0.29) is 0 Å². The standard InChI is InChI=1S/C17H20N2O10/c1-8(20)6-13(24)26-7-11-14(27-9(2)21)15(28-10(3)22)16(29-11)19-5-4-12(23)18-17(19)25/h4-5,11,14-16H,6-7H2,1-3H3,(H,18,23,25). The Bertz CT molecular complexity index is 917. The van der Waals surface area contributed by atoms with Gasteiger partial charge in [-0.15, -0.1) is 0 Å². The van der Waals surface area contributed by atoms with Crippen LogP contribution < -0.4 is 11.2 Å². The summed E-state index contributed by atoms with van der Waals surface area (Å²) >= 11 is 0. The van der Waals surface area contributed by atoms with Gasteiger partial charge in [0.05, 0.1) is 0 Å². The van der Waals surface area contributed by atoms with Crippen LogP contribution in [0.5, 0.6) is 0 Å². The SMILES string of the molecule is CC(=O)CC(=O)OCC1OC(n2ccc(=O)[nH]c2=O)C(OC(C)=O)C1OC(C)=O. The predicted octanol–water partition coefficient (Wildman–Crippen LogP) is -1.18. The van der Waals surface area contributed by atoms with E-state index in [9.17, 15) is 28.8 Å². The Morgan fingerprint density at radius 1 is 1.07 bits per heavy atom. The van der Waals surface area contributed by atoms with Gasteiger partial charge in [0.25, 0.3) is 5.56 Å². The van der Waals surface area contributed by atoms with Crippen molar-refractivity contribution in [1.82, 2.24) is 9.55 Å². The first-order chi connectivity index (χ1) is 13.6. The summed E-state index contributed by atoms with van der Waals surface area (Å²) in [7, 11) is 0. The minimum Gasteiger partial charge on any atom is -0.462 e. The number of hydrogen-bond acceptors (Lipinski definition) is 10. The second-order valence-electron chi connectivity index (χ2n) is 6.29. The molecule has 1 aromatic rings. The molecule has 12 heteroatoms. The fourth-order valence-corrected chi connectivity index (χ4v) is 2.77. The Labute approximate surface area is 163 Å². The molecule has 1 saturated heterocycles. The Kier molecular flexibility index (Phi) is 7.04. The second-order valence-corrected chi connectivity index (χ2v) is 6.29. The van der Waals surface area contributed by atoms with Gasteiger partial charge in [-0.1, -0.05) is 0 Å². The van der Waals surface area contributed by atoms with Gasteiger partial charge >= 0.3 is 23.6 Å². The van der Waals surface area contributed by atoms with E-state index in [1.165, 1.54) is 6.92 Å². The molecule has 1 fully saturated rings.